The molecule has 0 unspecified atom stereocenters. The molecule has 1 aromatic carbocycles. The van der Waals surface area contributed by atoms with Crippen LogP contribution in [0.15, 0.2) is 41.3 Å². The Bertz CT molecular complexity index is 1140. The van der Waals surface area contributed by atoms with Crippen LogP contribution in [-0.2, 0) is 16.0 Å². The predicted molar refractivity (Wildman–Crippen MR) is 110 cm³/mol. The maximum atomic E-state index is 9.35. The molecule has 3 heterocycles. The van der Waals surface area contributed by atoms with Crippen molar-refractivity contribution in [2.45, 2.75) is 25.4 Å². The second kappa shape index (κ2) is 8.29. The van der Waals surface area contributed by atoms with Crippen LogP contribution in [0.25, 0.3) is 21.9 Å². The van der Waals surface area contributed by atoms with Crippen molar-refractivity contribution in [2.24, 2.45) is 10.7 Å². The standard InChI is InChI=1S/C21H22N6O2/c1-28-16(10-23)11-24-13-20-26-19-12-25-18-3-2-14(9-22)8-17(18)21(19)27(20)15-4-6-29-7-5-15/h2-3,8,10-12,15H,4-7,13,23H2,1H3. The minimum absolute atomic E-state index is 0.252. The highest BCUT2D eigenvalue weighted by atomic mass is 16.5. The highest BCUT2D eigenvalue weighted by molar-refractivity contribution is 6.02. The number of methoxy groups -OCH3 is 1. The lowest BCUT2D eigenvalue weighted by Crippen LogP contribution is -2.21. The van der Waals surface area contributed by atoms with Crippen molar-refractivity contribution in [1.29, 1.82) is 5.26 Å². The third-order valence-electron chi connectivity index (χ3n) is 5.12. The summed E-state index contributed by atoms with van der Waals surface area (Å²) in [7, 11) is 1.55. The van der Waals surface area contributed by atoms with Gasteiger partial charge in [0.05, 0.1) is 48.7 Å². The van der Waals surface area contributed by atoms with E-state index >= 15 is 0 Å². The van der Waals surface area contributed by atoms with Crippen molar-refractivity contribution in [3.63, 3.8) is 0 Å². The van der Waals surface area contributed by atoms with Gasteiger partial charge >= 0.3 is 0 Å². The quantitative estimate of drug-likeness (QED) is 0.530. The molecule has 1 saturated heterocycles. The van der Waals surface area contributed by atoms with E-state index in [0.717, 1.165) is 40.6 Å². The van der Waals surface area contributed by atoms with Gasteiger partial charge in [0.1, 0.15) is 11.3 Å². The van der Waals surface area contributed by atoms with Gasteiger partial charge < -0.3 is 19.8 Å². The first-order valence-electron chi connectivity index (χ1n) is 9.48. The Morgan fingerprint density at radius 2 is 2.24 bits per heavy atom. The van der Waals surface area contributed by atoms with E-state index in [1.165, 1.54) is 6.20 Å². The van der Waals surface area contributed by atoms with Crippen LogP contribution in [0, 0.1) is 11.3 Å². The van der Waals surface area contributed by atoms with Crippen molar-refractivity contribution in [3.8, 4) is 6.07 Å². The Labute approximate surface area is 168 Å². The van der Waals surface area contributed by atoms with Crippen LogP contribution in [-0.4, -0.2) is 41.1 Å². The molecule has 2 aromatic heterocycles. The number of ether oxygens (including phenoxy) is 2. The maximum absolute atomic E-state index is 9.35. The summed E-state index contributed by atoms with van der Waals surface area (Å²) in [6, 6.07) is 8.02. The summed E-state index contributed by atoms with van der Waals surface area (Å²) < 4.78 is 12.9. The number of nitrogens with zero attached hydrogens (tertiary/aromatic N) is 5. The molecule has 8 heteroatoms. The molecule has 0 saturated carbocycles. The average molecular weight is 390 g/mol. The van der Waals surface area contributed by atoms with Crippen molar-refractivity contribution in [2.75, 3.05) is 20.3 Å². The smallest absolute Gasteiger partial charge is 0.152 e. The number of allylic oxidation sites excluding steroid dienone is 1. The monoisotopic (exact) mass is 390 g/mol. The van der Waals surface area contributed by atoms with Gasteiger partial charge in [0.15, 0.2) is 5.76 Å². The molecule has 0 aliphatic carbocycles. The van der Waals surface area contributed by atoms with Crippen LogP contribution in [0.2, 0.25) is 0 Å². The van der Waals surface area contributed by atoms with E-state index in [1.807, 2.05) is 12.1 Å². The normalized spacial score (nSPS) is 15.9. The number of fused-ring (bicyclic) bond motifs is 3. The number of pyridine rings is 1. The van der Waals surface area contributed by atoms with Crippen molar-refractivity contribution >= 4 is 28.2 Å². The van der Waals surface area contributed by atoms with Gasteiger partial charge in [-0.25, -0.2) is 4.98 Å². The molecular weight excluding hydrogens is 368 g/mol. The fourth-order valence-corrected chi connectivity index (χ4v) is 3.72. The Kier molecular flexibility index (Phi) is 5.40. The molecule has 0 spiro atoms. The zero-order valence-electron chi connectivity index (χ0n) is 16.2. The minimum Gasteiger partial charge on any atom is -0.494 e. The number of nitrogens with two attached hydrogens (primary N) is 1. The lowest BCUT2D eigenvalue weighted by atomic mass is 10.1. The van der Waals surface area contributed by atoms with Crippen LogP contribution in [0.1, 0.15) is 30.3 Å². The van der Waals surface area contributed by atoms with Crippen LogP contribution < -0.4 is 5.73 Å². The number of imidazole rings is 1. The van der Waals surface area contributed by atoms with E-state index in [2.05, 4.69) is 20.6 Å². The lowest BCUT2D eigenvalue weighted by Gasteiger charge is -2.26. The molecule has 0 radical (unpaired) electrons. The van der Waals surface area contributed by atoms with Crippen molar-refractivity contribution in [1.82, 2.24) is 14.5 Å². The number of aliphatic imine (C=N–C) groups is 1. The Morgan fingerprint density at radius 1 is 1.41 bits per heavy atom. The minimum atomic E-state index is 0.252. The Balaban J connectivity index is 1.88. The third kappa shape index (κ3) is 3.65. The van der Waals surface area contributed by atoms with Gasteiger partial charge in [-0.05, 0) is 31.0 Å². The molecule has 1 fully saturated rings. The highest BCUT2D eigenvalue weighted by Crippen LogP contribution is 2.32. The van der Waals surface area contributed by atoms with Gasteiger partial charge in [-0.1, -0.05) is 0 Å². The van der Waals surface area contributed by atoms with Crippen molar-refractivity contribution < 1.29 is 9.47 Å². The fourth-order valence-electron chi connectivity index (χ4n) is 3.72. The molecule has 1 aliphatic heterocycles. The first kappa shape index (κ1) is 18.9. The number of aromatic nitrogens is 3. The van der Waals surface area contributed by atoms with E-state index in [9.17, 15) is 5.26 Å². The third-order valence-corrected chi connectivity index (χ3v) is 5.12. The van der Waals surface area contributed by atoms with Crippen LogP contribution in [0.4, 0.5) is 0 Å². The van der Waals surface area contributed by atoms with E-state index in [1.54, 1.807) is 25.6 Å². The molecular formula is C21H22N6O2. The summed E-state index contributed by atoms with van der Waals surface area (Å²) in [6.45, 7) is 1.80. The van der Waals surface area contributed by atoms with E-state index in [-0.39, 0.29) is 6.04 Å². The second-order valence-corrected chi connectivity index (χ2v) is 6.82. The highest BCUT2D eigenvalue weighted by Gasteiger charge is 2.23. The van der Waals surface area contributed by atoms with Crippen molar-refractivity contribution in [3.05, 3.63) is 47.7 Å². The second-order valence-electron chi connectivity index (χ2n) is 6.82. The summed E-state index contributed by atoms with van der Waals surface area (Å²) in [4.78, 5) is 13.8. The maximum Gasteiger partial charge on any atom is 0.152 e. The summed E-state index contributed by atoms with van der Waals surface area (Å²) in [5.74, 6) is 1.33. The molecule has 0 atom stereocenters. The van der Waals surface area contributed by atoms with E-state index in [0.29, 0.717) is 31.1 Å². The molecule has 0 bridgehead atoms. The van der Waals surface area contributed by atoms with Crippen LogP contribution in [0.5, 0.6) is 0 Å². The lowest BCUT2D eigenvalue weighted by molar-refractivity contribution is 0.0699. The SMILES string of the molecule is COC(C=NCc1nc2cnc3ccc(C#N)cc3c2n1C1CCOCC1)=CN. The topological polar surface area (TPSA) is 111 Å². The van der Waals surface area contributed by atoms with Crippen LogP contribution >= 0.6 is 0 Å². The summed E-state index contributed by atoms with van der Waals surface area (Å²) in [5, 5.41) is 10.3. The molecule has 148 valence electrons. The largest absolute Gasteiger partial charge is 0.494 e. The number of rotatable bonds is 5. The van der Waals surface area contributed by atoms with Gasteiger partial charge in [-0.2, -0.15) is 5.26 Å². The zero-order chi connectivity index (χ0) is 20.2. The van der Waals surface area contributed by atoms with Gasteiger partial charge in [0.25, 0.3) is 0 Å². The summed E-state index contributed by atoms with van der Waals surface area (Å²) in [5.41, 5.74) is 8.74. The molecule has 29 heavy (non-hydrogen) atoms. The molecule has 8 nitrogen and oxygen atoms in total. The zero-order valence-corrected chi connectivity index (χ0v) is 16.2. The Morgan fingerprint density at radius 3 is 2.97 bits per heavy atom. The predicted octanol–water partition coefficient (Wildman–Crippen LogP) is 2.82. The van der Waals surface area contributed by atoms with E-state index < -0.39 is 0 Å². The fraction of sp³-hybridized carbons (Fsp3) is 0.333. The number of hydrogen-bond acceptors (Lipinski definition) is 7. The molecule has 3 aromatic rings. The Hall–Kier alpha value is -3.44. The van der Waals surface area contributed by atoms with Crippen LogP contribution in [0.3, 0.4) is 0 Å². The average Bonchev–Trinajstić information content (AvgIpc) is 3.15. The molecule has 4 rings (SSSR count). The molecule has 1 aliphatic rings. The molecule has 2 N–H and O–H groups in total. The van der Waals surface area contributed by atoms with Gasteiger partial charge in [-0.3, -0.25) is 9.98 Å². The number of hydrogen-bond donors (Lipinski definition) is 1. The van der Waals surface area contributed by atoms with E-state index in [4.69, 9.17) is 20.2 Å². The van der Waals surface area contributed by atoms with Gasteiger partial charge in [-0.15, -0.1) is 0 Å². The van der Waals surface area contributed by atoms with Gasteiger partial charge in [0, 0.05) is 30.8 Å². The number of nitriles is 1. The first-order valence-corrected chi connectivity index (χ1v) is 9.48. The summed E-state index contributed by atoms with van der Waals surface area (Å²) in [6.07, 6.45) is 6.54. The molecule has 0 amide bonds. The summed E-state index contributed by atoms with van der Waals surface area (Å²) >= 11 is 0. The number of benzene rings is 1. The van der Waals surface area contributed by atoms with Gasteiger partial charge in [0.2, 0.25) is 0 Å². The first-order chi connectivity index (χ1) is 14.2.